The minimum atomic E-state index is -0.324. The fraction of sp³-hybridized carbons (Fsp3) is 0.357. The Hall–Kier alpha value is -1.81. The first-order chi connectivity index (χ1) is 8.67. The minimum Gasteiger partial charge on any atom is -0.468 e. The summed E-state index contributed by atoms with van der Waals surface area (Å²) < 4.78 is 14.9. The molecule has 0 atom stereocenters. The fourth-order valence-corrected chi connectivity index (χ4v) is 1.39. The number of hydrogen-bond acceptors (Lipinski definition) is 4. The first-order valence-electron chi connectivity index (χ1n) is 5.74. The molecule has 0 heterocycles. The van der Waals surface area contributed by atoms with Gasteiger partial charge in [-0.05, 0) is 37.1 Å². The summed E-state index contributed by atoms with van der Waals surface area (Å²) in [7, 11) is 1.57. The number of esters is 1. The number of hydrogen-bond donors (Lipinski definition) is 0. The van der Waals surface area contributed by atoms with E-state index in [0.29, 0.717) is 6.61 Å². The Morgan fingerprint density at radius 1 is 1.28 bits per heavy atom. The van der Waals surface area contributed by atoms with E-state index in [1.807, 2.05) is 31.2 Å². The molecule has 0 aromatic heterocycles. The van der Waals surface area contributed by atoms with Gasteiger partial charge in [0.25, 0.3) is 0 Å². The summed E-state index contributed by atoms with van der Waals surface area (Å²) in [6.45, 7) is 4.24. The van der Waals surface area contributed by atoms with Crippen molar-refractivity contribution < 1.29 is 19.0 Å². The predicted octanol–water partition coefficient (Wildman–Crippen LogP) is 2.64. The van der Waals surface area contributed by atoms with E-state index in [1.54, 1.807) is 14.0 Å². The number of rotatable bonds is 6. The van der Waals surface area contributed by atoms with Crippen molar-refractivity contribution in [1.82, 2.24) is 0 Å². The Balaban J connectivity index is 2.69. The summed E-state index contributed by atoms with van der Waals surface area (Å²) in [6.07, 6.45) is 1.48. The van der Waals surface area contributed by atoms with Gasteiger partial charge in [-0.1, -0.05) is 12.1 Å². The van der Waals surface area contributed by atoms with E-state index < -0.39 is 0 Å². The molecular weight excluding hydrogens is 232 g/mol. The quantitative estimate of drug-likeness (QED) is 0.442. The molecule has 1 aromatic carbocycles. The maximum atomic E-state index is 11.3. The van der Waals surface area contributed by atoms with Crippen molar-refractivity contribution >= 4 is 11.5 Å². The molecule has 0 radical (unpaired) electrons. The molecule has 4 heteroatoms. The maximum absolute atomic E-state index is 11.3. The van der Waals surface area contributed by atoms with E-state index in [9.17, 15) is 4.79 Å². The van der Waals surface area contributed by atoms with Crippen LogP contribution in [-0.4, -0.2) is 26.5 Å². The highest BCUT2D eigenvalue weighted by Crippen LogP contribution is 2.18. The van der Waals surface area contributed by atoms with Gasteiger partial charge in [0.1, 0.15) is 5.75 Å². The van der Waals surface area contributed by atoms with Gasteiger partial charge in [0.15, 0.2) is 6.79 Å². The monoisotopic (exact) mass is 250 g/mol. The Morgan fingerprint density at radius 3 is 2.50 bits per heavy atom. The van der Waals surface area contributed by atoms with Gasteiger partial charge in [0.2, 0.25) is 0 Å². The molecule has 0 spiro atoms. The lowest BCUT2D eigenvalue weighted by Gasteiger charge is -2.06. The number of carbonyl (C=O) groups excluding carboxylic acids is 1. The Kier molecular flexibility index (Phi) is 5.94. The van der Waals surface area contributed by atoms with Gasteiger partial charge in [-0.3, -0.25) is 0 Å². The average molecular weight is 250 g/mol. The summed E-state index contributed by atoms with van der Waals surface area (Å²) >= 11 is 0. The van der Waals surface area contributed by atoms with Crippen LogP contribution < -0.4 is 4.74 Å². The molecule has 0 aliphatic carbocycles. The third kappa shape index (κ3) is 4.59. The SMILES string of the molecule is CCOC(=O)/C=C(/C)c1ccc(OCOC)cc1. The van der Waals surface area contributed by atoms with Crippen molar-refractivity contribution in [2.45, 2.75) is 13.8 Å². The first-order valence-corrected chi connectivity index (χ1v) is 5.74. The fourth-order valence-electron chi connectivity index (χ4n) is 1.39. The van der Waals surface area contributed by atoms with Crippen molar-refractivity contribution in [3.63, 3.8) is 0 Å². The van der Waals surface area contributed by atoms with Crippen LogP contribution in [0.1, 0.15) is 19.4 Å². The summed E-state index contributed by atoms with van der Waals surface area (Å²) in [6, 6.07) is 7.43. The van der Waals surface area contributed by atoms with Crippen LogP contribution in [0.2, 0.25) is 0 Å². The topological polar surface area (TPSA) is 44.8 Å². The third-order valence-corrected chi connectivity index (χ3v) is 2.27. The van der Waals surface area contributed by atoms with E-state index in [2.05, 4.69) is 0 Å². The second-order valence-corrected chi connectivity index (χ2v) is 3.65. The molecule has 0 saturated heterocycles. The average Bonchev–Trinajstić information content (AvgIpc) is 2.37. The molecule has 0 saturated carbocycles. The zero-order valence-electron chi connectivity index (χ0n) is 10.9. The van der Waals surface area contributed by atoms with E-state index >= 15 is 0 Å². The van der Waals surface area contributed by atoms with Crippen LogP contribution in [-0.2, 0) is 14.3 Å². The highest BCUT2D eigenvalue weighted by atomic mass is 16.7. The second-order valence-electron chi connectivity index (χ2n) is 3.65. The smallest absolute Gasteiger partial charge is 0.331 e. The lowest BCUT2D eigenvalue weighted by molar-refractivity contribution is -0.137. The summed E-state index contributed by atoms with van der Waals surface area (Å²) in [5, 5.41) is 0. The first kappa shape index (κ1) is 14.3. The van der Waals surface area contributed by atoms with Gasteiger partial charge in [0.05, 0.1) is 6.61 Å². The Bertz CT molecular complexity index is 406. The van der Waals surface area contributed by atoms with E-state index in [0.717, 1.165) is 16.9 Å². The third-order valence-electron chi connectivity index (χ3n) is 2.27. The molecule has 0 aliphatic heterocycles. The molecule has 0 unspecified atom stereocenters. The van der Waals surface area contributed by atoms with Crippen LogP contribution in [0.4, 0.5) is 0 Å². The van der Waals surface area contributed by atoms with Crippen LogP contribution in [0.25, 0.3) is 5.57 Å². The highest BCUT2D eigenvalue weighted by molar-refractivity contribution is 5.90. The molecule has 4 nitrogen and oxygen atoms in total. The van der Waals surface area contributed by atoms with Crippen LogP contribution in [0.15, 0.2) is 30.3 Å². The maximum Gasteiger partial charge on any atom is 0.331 e. The van der Waals surface area contributed by atoms with Gasteiger partial charge >= 0.3 is 5.97 Å². The van der Waals surface area contributed by atoms with Gasteiger partial charge < -0.3 is 14.2 Å². The molecule has 1 rings (SSSR count). The molecular formula is C14H18O4. The summed E-state index contributed by atoms with van der Waals surface area (Å²) in [4.78, 5) is 11.3. The highest BCUT2D eigenvalue weighted by Gasteiger charge is 2.01. The number of methoxy groups -OCH3 is 1. The molecule has 0 amide bonds. The van der Waals surface area contributed by atoms with Crippen molar-refractivity contribution in [2.24, 2.45) is 0 Å². The summed E-state index contributed by atoms with van der Waals surface area (Å²) in [5.74, 6) is 0.402. The van der Waals surface area contributed by atoms with Crippen molar-refractivity contribution in [3.05, 3.63) is 35.9 Å². The zero-order valence-corrected chi connectivity index (χ0v) is 10.9. The number of benzene rings is 1. The van der Waals surface area contributed by atoms with E-state index in [4.69, 9.17) is 14.2 Å². The van der Waals surface area contributed by atoms with E-state index in [1.165, 1.54) is 6.08 Å². The number of ether oxygens (including phenoxy) is 3. The molecule has 1 aromatic rings. The summed E-state index contributed by atoms with van der Waals surface area (Å²) in [5.41, 5.74) is 1.81. The molecule has 0 aliphatic rings. The standard InChI is InChI=1S/C14H18O4/c1-4-17-14(15)9-11(2)12-5-7-13(8-6-12)18-10-16-3/h5-9H,4,10H2,1-3H3/b11-9-. The zero-order chi connectivity index (χ0) is 13.4. The molecule has 0 N–H and O–H groups in total. The number of allylic oxidation sites excluding steroid dienone is 1. The predicted molar refractivity (Wildman–Crippen MR) is 69.2 cm³/mol. The van der Waals surface area contributed by atoms with Crippen molar-refractivity contribution in [1.29, 1.82) is 0 Å². The van der Waals surface area contributed by atoms with Gasteiger partial charge in [-0.15, -0.1) is 0 Å². The number of carbonyl (C=O) groups is 1. The van der Waals surface area contributed by atoms with Gasteiger partial charge in [-0.2, -0.15) is 0 Å². The molecule has 98 valence electrons. The van der Waals surface area contributed by atoms with Crippen LogP contribution >= 0.6 is 0 Å². The lowest BCUT2D eigenvalue weighted by Crippen LogP contribution is -2.00. The van der Waals surface area contributed by atoms with Crippen molar-refractivity contribution in [3.8, 4) is 5.75 Å². The van der Waals surface area contributed by atoms with Crippen LogP contribution in [0.3, 0.4) is 0 Å². The molecule has 0 fully saturated rings. The van der Waals surface area contributed by atoms with E-state index in [-0.39, 0.29) is 12.8 Å². The second kappa shape index (κ2) is 7.50. The van der Waals surface area contributed by atoms with Gasteiger partial charge in [0, 0.05) is 13.2 Å². The molecule has 0 bridgehead atoms. The normalized spacial score (nSPS) is 11.2. The Morgan fingerprint density at radius 2 is 1.94 bits per heavy atom. The van der Waals surface area contributed by atoms with Crippen LogP contribution in [0.5, 0.6) is 5.75 Å². The lowest BCUT2D eigenvalue weighted by atomic mass is 10.1. The Labute approximate surface area is 107 Å². The molecule has 18 heavy (non-hydrogen) atoms. The van der Waals surface area contributed by atoms with Gasteiger partial charge in [-0.25, -0.2) is 4.79 Å². The van der Waals surface area contributed by atoms with Crippen LogP contribution in [0, 0.1) is 0 Å². The van der Waals surface area contributed by atoms with Crippen molar-refractivity contribution in [2.75, 3.05) is 20.5 Å². The largest absolute Gasteiger partial charge is 0.468 e. The minimum absolute atomic E-state index is 0.219.